The van der Waals surface area contributed by atoms with Crippen LogP contribution in [-0.4, -0.2) is 40.8 Å². The topological polar surface area (TPSA) is 45.5 Å². The van der Waals surface area contributed by atoms with Crippen molar-refractivity contribution in [3.8, 4) is 0 Å². The Kier molecular flexibility index (Phi) is 4.88. The van der Waals surface area contributed by atoms with Gasteiger partial charge in [-0.1, -0.05) is 38.1 Å². The average Bonchev–Trinajstić information content (AvgIpc) is 3.19. The van der Waals surface area contributed by atoms with Crippen molar-refractivity contribution in [2.75, 3.05) is 20.1 Å². The first-order valence-electron chi connectivity index (χ1n) is 8.57. The summed E-state index contributed by atoms with van der Waals surface area (Å²) >= 11 is 0. The van der Waals surface area contributed by atoms with Gasteiger partial charge in [0.1, 0.15) is 0 Å². The van der Waals surface area contributed by atoms with E-state index in [2.05, 4.69) is 58.4 Å². The van der Waals surface area contributed by atoms with Gasteiger partial charge < -0.3 is 10.2 Å². The fourth-order valence-electron chi connectivity index (χ4n) is 3.25. The van der Waals surface area contributed by atoms with Crippen molar-refractivity contribution in [1.82, 2.24) is 20.0 Å². The summed E-state index contributed by atoms with van der Waals surface area (Å²) in [6.45, 7) is 8.34. The molecular formula is C19H27N5. The minimum atomic E-state index is 0.371. The number of nitrogens with zero attached hydrogens (tertiary/aromatic N) is 4. The highest BCUT2D eigenvalue weighted by atomic mass is 15.3. The maximum absolute atomic E-state index is 4.47. The lowest BCUT2D eigenvalue weighted by Gasteiger charge is -2.24. The lowest BCUT2D eigenvalue weighted by Crippen LogP contribution is -2.40. The monoisotopic (exact) mass is 325 g/mol. The van der Waals surface area contributed by atoms with E-state index in [-0.39, 0.29) is 0 Å². The summed E-state index contributed by atoms with van der Waals surface area (Å²) in [4.78, 5) is 6.83. The van der Waals surface area contributed by atoms with Crippen molar-refractivity contribution in [3.63, 3.8) is 0 Å². The van der Waals surface area contributed by atoms with Gasteiger partial charge >= 0.3 is 0 Å². The minimum Gasteiger partial charge on any atom is -0.352 e. The van der Waals surface area contributed by atoms with Crippen LogP contribution in [0.5, 0.6) is 0 Å². The summed E-state index contributed by atoms with van der Waals surface area (Å²) in [5.41, 5.74) is 2.94. The number of hydrogen-bond donors (Lipinski definition) is 1. The van der Waals surface area contributed by atoms with Crippen LogP contribution in [0.1, 0.15) is 31.4 Å². The summed E-state index contributed by atoms with van der Waals surface area (Å²) in [6, 6.07) is 10.5. The second kappa shape index (κ2) is 7.07. The van der Waals surface area contributed by atoms with E-state index in [9.17, 15) is 0 Å². The second-order valence-corrected chi connectivity index (χ2v) is 7.21. The summed E-state index contributed by atoms with van der Waals surface area (Å²) in [5, 5.41) is 7.84. The zero-order valence-corrected chi connectivity index (χ0v) is 14.9. The molecule has 0 bridgehead atoms. The van der Waals surface area contributed by atoms with Gasteiger partial charge in [0.05, 0.1) is 6.54 Å². The van der Waals surface area contributed by atoms with E-state index in [0.717, 1.165) is 32.1 Å². The number of aromatic nitrogens is 2. The predicted molar refractivity (Wildman–Crippen MR) is 97.9 cm³/mol. The molecule has 1 aliphatic rings. The van der Waals surface area contributed by atoms with Crippen LogP contribution < -0.4 is 5.32 Å². The number of nitrogens with one attached hydrogen (secondary N) is 1. The van der Waals surface area contributed by atoms with E-state index in [0.29, 0.717) is 5.41 Å². The highest BCUT2D eigenvalue weighted by Gasteiger charge is 2.30. The lowest BCUT2D eigenvalue weighted by molar-refractivity contribution is 0.370. The van der Waals surface area contributed by atoms with Crippen LogP contribution in [0.2, 0.25) is 0 Å². The molecule has 0 aliphatic carbocycles. The van der Waals surface area contributed by atoms with E-state index < -0.39 is 0 Å². The molecule has 0 atom stereocenters. The molecule has 1 N–H and O–H groups in total. The van der Waals surface area contributed by atoms with Gasteiger partial charge in [-0.2, -0.15) is 5.10 Å². The van der Waals surface area contributed by atoms with E-state index in [4.69, 9.17) is 0 Å². The molecule has 24 heavy (non-hydrogen) atoms. The van der Waals surface area contributed by atoms with E-state index >= 15 is 0 Å². The number of hydrogen-bond acceptors (Lipinski definition) is 2. The first kappa shape index (κ1) is 16.6. The molecule has 0 saturated carbocycles. The Morgan fingerprint density at radius 1 is 1.25 bits per heavy atom. The molecule has 1 aliphatic heterocycles. The van der Waals surface area contributed by atoms with Crippen molar-refractivity contribution < 1.29 is 0 Å². The molecule has 1 saturated heterocycles. The zero-order chi connectivity index (χ0) is 17.0. The first-order valence-corrected chi connectivity index (χ1v) is 8.57. The molecule has 128 valence electrons. The smallest absolute Gasteiger partial charge is 0.193 e. The standard InChI is InChI=1S/C19H27N5/c1-19(2)9-12-23(15-19)18(20-3)21-13-16-7-4-5-8-17(16)14-24-11-6-10-22-24/h4-8,10-11H,9,12-15H2,1-3H3,(H,20,21). The minimum absolute atomic E-state index is 0.371. The van der Waals surface area contributed by atoms with Gasteiger partial charge in [-0.3, -0.25) is 9.67 Å². The Bertz CT molecular complexity index is 688. The van der Waals surface area contributed by atoms with E-state index in [1.165, 1.54) is 17.5 Å². The largest absolute Gasteiger partial charge is 0.352 e. The van der Waals surface area contributed by atoms with Crippen LogP contribution in [0, 0.1) is 5.41 Å². The van der Waals surface area contributed by atoms with Crippen LogP contribution in [0.15, 0.2) is 47.7 Å². The Morgan fingerprint density at radius 3 is 2.67 bits per heavy atom. The van der Waals surface area contributed by atoms with Crippen LogP contribution in [0.25, 0.3) is 0 Å². The Labute approximate surface area is 144 Å². The third-order valence-electron chi connectivity index (χ3n) is 4.64. The number of benzene rings is 1. The highest BCUT2D eigenvalue weighted by molar-refractivity contribution is 5.80. The van der Waals surface area contributed by atoms with Crippen LogP contribution >= 0.6 is 0 Å². The maximum Gasteiger partial charge on any atom is 0.193 e. The van der Waals surface area contributed by atoms with E-state index in [1.54, 1.807) is 0 Å². The Morgan fingerprint density at radius 2 is 2.04 bits per heavy atom. The lowest BCUT2D eigenvalue weighted by atomic mass is 9.93. The molecule has 0 spiro atoms. The van der Waals surface area contributed by atoms with Crippen LogP contribution in [0.4, 0.5) is 0 Å². The summed E-state index contributed by atoms with van der Waals surface area (Å²) in [5.74, 6) is 0.995. The molecule has 2 aromatic rings. The number of guanidine groups is 1. The fraction of sp³-hybridized carbons (Fsp3) is 0.474. The molecular weight excluding hydrogens is 298 g/mol. The predicted octanol–water partition coefficient (Wildman–Crippen LogP) is 2.74. The Hall–Kier alpha value is -2.30. The maximum atomic E-state index is 4.47. The number of aliphatic imine (C=N–C) groups is 1. The van der Waals surface area contributed by atoms with E-state index in [1.807, 2.05) is 30.2 Å². The molecule has 5 nitrogen and oxygen atoms in total. The van der Waals surface area contributed by atoms with Crippen molar-refractivity contribution in [2.45, 2.75) is 33.4 Å². The molecule has 1 fully saturated rings. The third kappa shape index (κ3) is 3.96. The quantitative estimate of drug-likeness (QED) is 0.694. The highest BCUT2D eigenvalue weighted by Crippen LogP contribution is 2.28. The van der Waals surface area contributed by atoms with Gasteiger partial charge in [-0.25, -0.2) is 0 Å². The molecule has 0 radical (unpaired) electrons. The molecule has 1 aromatic carbocycles. The molecule has 1 aromatic heterocycles. The van der Waals surface area contributed by atoms with Crippen LogP contribution in [-0.2, 0) is 13.1 Å². The Balaban J connectivity index is 1.66. The van der Waals surface area contributed by atoms with Gasteiger partial charge in [0.2, 0.25) is 0 Å². The van der Waals surface area contributed by atoms with Gasteiger partial charge in [0.15, 0.2) is 5.96 Å². The number of rotatable bonds is 4. The third-order valence-corrected chi connectivity index (χ3v) is 4.64. The SMILES string of the molecule is CN=C(NCc1ccccc1Cn1cccn1)N1CCC(C)(C)C1. The molecule has 2 heterocycles. The summed E-state index contributed by atoms with van der Waals surface area (Å²) < 4.78 is 1.96. The van der Waals surface area contributed by atoms with Gasteiger partial charge in [-0.05, 0) is 29.0 Å². The van der Waals surface area contributed by atoms with Gasteiger partial charge in [0, 0.05) is 39.1 Å². The molecule has 5 heteroatoms. The van der Waals surface area contributed by atoms with Gasteiger partial charge in [-0.15, -0.1) is 0 Å². The van der Waals surface area contributed by atoms with Crippen molar-refractivity contribution >= 4 is 5.96 Å². The van der Waals surface area contributed by atoms with Crippen molar-refractivity contribution in [1.29, 1.82) is 0 Å². The molecule has 3 rings (SSSR count). The van der Waals surface area contributed by atoms with Crippen LogP contribution in [0.3, 0.4) is 0 Å². The molecule has 0 unspecified atom stereocenters. The average molecular weight is 325 g/mol. The summed E-state index contributed by atoms with van der Waals surface area (Å²) in [6.07, 6.45) is 5.02. The normalized spacial score (nSPS) is 17.3. The van der Waals surface area contributed by atoms with Crippen molar-refractivity contribution in [3.05, 3.63) is 53.9 Å². The summed E-state index contributed by atoms with van der Waals surface area (Å²) in [7, 11) is 1.86. The zero-order valence-electron chi connectivity index (χ0n) is 14.9. The van der Waals surface area contributed by atoms with Gasteiger partial charge in [0.25, 0.3) is 0 Å². The molecule has 0 amide bonds. The second-order valence-electron chi connectivity index (χ2n) is 7.21. The first-order chi connectivity index (χ1) is 11.6. The van der Waals surface area contributed by atoms with Crippen molar-refractivity contribution in [2.24, 2.45) is 10.4 Å². The number of likely N-dealkylation sites (tertiary alicyclic amines) is 1. The fourth-order valence-corrected chi connectivity index (χ4v) is 3.25.